The molecule has 3 unspecified atom stereocenters. The fourth-order valence-electron chi connectivity index (χ4n) is 1.74. The molecular weight excluding hydrogens is 168 g/mol. The van der Waals surface area contributed by atoms with Gasteiger partial charge in [0.15, 0.2) is 0 Å². The van der Waals surface area contributed by atoms with Crippen LogP contribution in [0.1, 0.15) is 33.1 Å². The van der Waals surface area contributed by atoms with Crippen molar-refractivity contribution in [3.05, 3.63) is 0 Å². The molecular formula is C10H18O3. The average molecular weight is 186 g/mol. The van der Waals surface area contributed by atoms with Crippen molar-refractivity contribution in [3.63, 3.8) is 0 Å². The van der Waals surface area contributed by atoms with E-state index in [1.54, 1.807) is 6.92 Å². The molecule has 0 aromatic heterocycles. The molecule has 3 atom stereocenters. The summed E-state index contributed by atoms with van der Waals surface area (Å²) in [5, 5.41) is 8.69. The van der Waals surface area contributed by atoms with E-state index in [-0.39, 0.29) is 5.92 Å². The van der Waals surface area contributed by atoms with Crippen molar-refractivity contribution in [1.29, 1.82) is 0 Å². The number of hydrogen-bond acceptors (Lipinski definition) is 2. The molecule has 0 radical (unpaired) electrons. The summed E-state index contributed by atoms with van der Waals surface area (Å²) in [4.78, 5) is 10.6. The van der Waals surface area contributed by atoms with Gasteiger partial charge in [0, 0.05) is 6.61 Å². The number of carboxylic acids is 1. The second-order valence-corrected chi connectivity index (χ2v) is 3.94. The Balaban J connectivity index is 2.22. The Labute approximate surface area is 79.1 Å². The van der Waals surface area contributed by atoms with Crippen LogP contribution in [0.2, 0.25) is 0 Å². The maximum atomic E-state index is 10.6. The quantitative estimate of drug-likeness (QED) is 0.729. The zero-order valence-electron chi connectivity index (χ0n) is 8.32. The zero-order chi connectivity index (χ0) is 9.84. The normalized spacial score (nSPS) is 30.3. The molecule has 1 aliphatic rings. The van der Waals surface area contributed by atoms with Crippen LogP contribution in [0.3, 0.4) is 0 Å². The van der Waals surface area contributed by atoms with E-state index in [2.05, 4.69) is 6.92 Å². The summed E-state index contributed by atoms with van der Waals surface area (Å²) in [5.41, 5.74) is 0. The van der Waals surface area contributed by atoms with E-state index in [1.807, 2.05) is 0 Å². The molecule has 1 fully saturated rings. The fraction of sp³-hybridized carbons (Fsp3) is 0.900. The number of carbonyl (C=O) groups is 1. The number of rotatable bonds is 4. The second-order valence-electron chi connectivity index (χ2n) is 3.94. The lowest BCUT2D eigenvalue weighted by molar-refractivity contribution is -0.141. The lowest BCUT2D eigenvalue weighted by Gasteiger charge is -2.14. The Bertz CT molecular complexity index is 179. The number of aliphatic carboxylic acids is 1. The molecule has 1 aliphatic heterocycles. The SMILES string of the molecule is CC(CCC1CCOC1C)C(=O)O. The van der Waals surface area contributed by atoms with Crippen LogP contribution in [0.15, 0.2) is 0 Å². The van der Waals surface area contributed by atoms with Gasteiger partial charge in [0.1, 0.15) is 0 Å². The van der Waals surface area contributed by atoms with Crippen LogP contribution in [0.5, 0.6) is 0 Å². The summed E-state index contributed by atoms with van der Waals surface area (Å²) in [6.45, 7) is 4.68. The minimum absolute atomic E-state index is 0.215. The van der Waals surface area contributed by atoms with E-state index in [0.717, 1.165) is 25.9 Å². The van der Waals surface area contributed by atoms with Crippen molar-refractivity contribution in [2.45, 2.75) is 39.2 Å². The molecule has 0 bridgehead atoms. The van der Waals surface area contributed by atoms with Gasteiger partial charge >= 0.3 is 5.97 Å². The lowest BCUT2D eigenvalue weighted by Crippen LogP contribution is -2.15. The van der Waals surface area contributed by atoms with E-state index in [1.165, 1.54) is 0 Å². The van der Waals surface area contributed by atoms with E-state index < -0.39 is 5.97 Å². The molecule has 0 amide bonds. The summed E-state index contributed by atoms with van der Waals surface area (Å²) in [7, 11) is 0. The standard InChI is InChI=1S/C10H18O3/c1-7(10(11)12)3-4-9-5-6-13-8(9)2/h7-9H,3-6H2,1-2H3,(H,11,12). The smallest absolute Gasteiger partial charge is 0.306 e. The predicted octanol–water partition coefficient (Wildman–Crippen LogP) is 1.91. The van der Waals surface area contributed by atoms with Crippen LogP contribution < -0.4 is 0 Å². The van der Waals surface area contributed by atoms with Gasteiger partial charge in [-0.1, -0.05) is 6.92 Å². The first-order chi connectivity index (χ1) is 6.11. The molecule has 0 aliphatic carbocycles. The van der Waals surface area contributed by atoms with E-state index in [0.29, 0.717) is 12.0 Å². The van der Waals surface area contributed by atoms with E-state index >= 15 is 0 Å². The summed E-state index contributed by atoms with van der Waals surface area (Å²) >= 11 is 0. The maximum Gasteiger partial charge on any atom is 0.306 e. The zero-order valence-corrected chi connectivity index (χ0v) is 8.32. The molecule has 13 heavy (non-hydrogen) atoms. The topological polar surface area (TPSA) is 46.5 Å². The minimum Gasteiger partial charge on any atom is -0.481 e. The van der Waals surface area contributed by atoms with Crippen molar-refractivity contribution >= 4 is 5.97 Å². The molecule has 3 heteroatoms. The molecule has 0 spiro atoms. The monoisotopic (exact) mass is 186 g/mol. The first-order valence-corrected chi connectivity index (χ1v) is 4.95. The van der Waals surface area contributed by atoms with Gasteiger partial charge in [0.05, 0.1) is 12.0 Å². The van der Waals surface area contributed by atoms with Crippen LogP contribution >= 0.6 is 0 Å². The van der Waals surface area contributed by atoms with Gasteiger partial charge < -0.3 is 9.84 Å². The lowest BCUT2D eigenvalue weighted by atomic mass is 9.92. The van der Waals surface area contributed by atoms with Crippen LogP contribution in [0.4, 0.5) is 0 Å². The van der Waals surface area contributed by atoms with Crippen LogP contribution in [0, 0.1) is 11.8 Å². The Morgan fingerprint density at radius 2 is 2.38 bits per heavy atom. The maximum absolute atomic E-state index is 10.6. The third-order valence-corrected chi connectivity index (χ3v) is 2.93. The third kappa shape index (κ3) is 2.99. The molecule has 1 rings (SSSR count). The highest BCUT2D eigenvalue weighted by atomic mass is 16.5. The van der Waals surface area contributed by atoms with Crippen molar-refractivity contribution < 1.29 is 14.6 Å². The van der Waals surface area contributed by atoms with Gasteiger partial charge in [-0.3, -0.25) is 4.79 Å². The molecule has 0 aromatic carbocycles. The molecule has 0 saturated carbocycles. The molecule has 0 aromatic rings. The Kier molecular flexibility index (Phi) is 3.72. The summed E-state index contributed by atoms with van der Waals surface area (Å²) in [5.74, 6) is -0.332. The third-order valence-electron chi connectivity index (χ3n) is 2.93. The Morgan fingerprint density at radius 3 is 2.85 bits per heavy atom. The van der Waals surface area contributed by atoms with E-state index in [9.17, 15) is 4.79 Å². The highest BCUT2D eigenvalue weighted by molar-refractivity contribution is 5.69. The van der Waals surface area contributed by atoms with E-state index in [4.69, 9.17) is 9.84 Å². The molecule has 1 saturated heterocycles. The van der Waals surface area contributed by atoms with Gasteiger partial charge in [0.2, 0.25) is 0 Å². The molecule has 1 N–H and O–H groups in total. The summed E-state index contributed by atoms with van der Waals surface area (Å²) in [6, 6.07) is 0. The Morgan fingerprint density at radius 1 is 1.69 bits per heavy atom. The molecule has 3 nitrogen and oxygen atoms in total. The van der Waals surface area contributed by atoms with Crippen LogP contribution in [-0.4, -0.2) is 23.8 Å². The van der Waals surface area contributed by atoms with Gasteiger partial charge in [0.25, 0.3) is 0 Å². The van der Waals surface area contributed by atoms with Crippen molar-refractivity contribution in [3.8, 4) is 0 Å². The van der Waals surface area contributed by atoms with Gasteiger partial charge in [-0.2, -0.15) is 0 Å². The van der Waals surface area contributed by atoms with Crippen LogP contribution in [0.25, 0.3) is 0 Å². The number of hydrogen-bond donors (Lipinski definition) is 1. The first-order valence-electron chi connectivity index (χ1n) is 4.95. The largest absolute Gasteiger partial charge is 0.481 e. The molecule has 76 valence electrons. The summed E-state index contributed by atoms with van der Waals surface area (Å²) < 4.78 is 5.41. The summed E-state index contributed by atoms with van der Waals surface area (Å²) in [6.07, 6.45) is 3.16. The van der Waals surface area contributed by atoms with Crippen LogP contribution in [-0.2, 0) is 9.53 Å². The Hall–Kier alpha value is -0.570. The number of carboxylic acid groups (broad SMARTS) is 1. The fourth-order valence-corrected chi connectivity index (χ4v) is 1.74. The van der Waals surface area contributed by atoms with Crippen molar-refractivity contribution in [1.82, 2.24) is 0 Å². The van der Waals surface area contributed by atoms with Crippen molar-refractivity contribution in [2.24, 2.45) is 11.8 Å². The first kappa shape index (κ1) is 10.5. The van der Waals surface area contributed by atoms with Gasteiger partial charge in [-0.15, -0.1) is 0 Å². The highest BCUT2D eigenvalue weighted by Crippen LogP contribution is 2.26. The predicted molar refractivity (Wildman–Crippen MR) is 49.6 cm³/mol. The minimum atomic E-state index is -0.688. The average Bonchev–Trinajstić information content (AvgIpc) is 2.47. The molecule has 1 heterocycles. The second kappa shape index (κ2) is 4.61. The van der Waals surface area contributed by atoms with Gasteiger partial charge in [-0.05, 0) is 32.1 Å². The van der Waals surface area contributed by atoms with Gasteiger partial charge in [-0.25, -0.2) is 0 Å². The van der Waals surface area contributed by atoms with Crippen molar-refractivity contribution in [2.75, 3.05) is 6.61 Å². The highest BCUT2D eigenvalue weighted by Gasteiger charge is 2.25. The number of ether oxygens (including phenoxy) is 1.